The van der Waals surface area contributed by atoms with Crippen molar-refractivity contribution < 1.29 is 9.59 Å². The summed E-state index contributed by atoms with van der Waals surface area (Å²) >= 11 is 0. The number of nitrogens with one attached hydrogen (secondary N) is 1. The molecular formula is C20H27N5O2. The van der Waals surface area contributed by atoms with Gasteiger partial charge in [-0.05, 0) is 25.3 Å². The number of carbonyl (C=O) groups excluding carboxylic acids is 2. The van der Waals surface area contributed by atoms with Gasteiger partial charge in [-0.25, -0.2) is 4.79 Å². The summed E-state index contributed by atoms with van der Waals surface area (Å²) in [6.45, 7) is 6.15. The van der Waals surface area contributed by atoms with E-state index in [2.05, 4.69) is 42.6 Å². The first kappa shape index (κ1) is 19.2. The molecule has 2 saturated heterocycles. The number of carbonyl (C=O) groups is 2. The van der Waals surface area contributed by atoms with Crippen LogP contribution in [0, 0.1) is 18.3 Å². The topological polar surface area (TPSA) is 79.7 Å². The minimum atomic E-state index is -0.283. The van der Waals surface area contributed by atoms with Crippen LogP contribution in [-0.4, -0.2) is 71.9 Å². The van der Waals surface area contributed by atoms with Crippen LogP contribution in [0.3, 0.4) is 0 Å². The maximum absolute atomic E-state index is 12.5. The molecule has 0 radical (unpaired) electrons. The normalized spacial score (nSPS) is 19.6. The predicted molar refractivity (Wildman–Crippen MR) is 102 cm³/mol. The highest BCUT2D eigenvalue weighted by Gasteiger charge is 2.29. The van der Waals surface area contributed by atoms with E-state index in [-0.39, 0.29) is 24.5 Å². The Kier molecular flexibility index (Phi) is 6.30. The fourth-order valence-corrected chi connectivity index (χ4v) is 3.61. The van der Waals surface area contributed by atoms with Crippen molar-refractivity contribution in [3.63, 3.8) is 0 Å². The summed E-state index contributed by atoms with van der Waals surface area (Å²) in [6.07, 6.45) is 1.66. The molecular weight excluding hydrogens is 342 g/mol. The highest BCUT2D eigenvalue weighted by molar-refractivity contribution is 5.79. The Hall–Kier alpha value is -2.59. The van der Waals surface area contributed by atoms with E-state index < -0.39 is 0 Å². The fraction of sp³-hybridized carbons (Fsp3) is 0.550. The minimum Gasteiger partial charge on any atom is -0.326 e. The second-order valence-corrected chi connectivity index (χ2v) is 7.23. The molecule has 2 aliphatic rings. The second-order valence-electron chi connectivity index (χ2n) is 7.23. The van der Waals surface area contributed by atoms with Gasteiger partial charge in [0.2, 0.25) is 5.91 Å². The Bertz CT molecular complexity index is 712. The number of likely N-dealkylation sites (tertiary alicyclic amines) is 1. The highest BCUT2D eigenvalue weighted by atomic mass is 16.2. The first-order valence-corrected chi connectivity index (χ1v) is 9.57. The zero-order valence-corrected chi connectivity index (χ0v) is 15.9. The van der Waals surface area contributed by atoms with E-state index >= 15 is 0 Å². The number of aryl methyl sites for hydroxylation is 1. The third-order valence-electron chi connectivity index (χ3n) is 5.23. The van der Waals surface area contributed by atoms with Crippen molar-refractivity contribution in [2.45, 2.75) is 32.4 Å². The lowest BCUT2D eigenvalue weighted by Crippen LogP contribution is -2.42. The summed E-state index contributed by atoms with van der Waals surface area (Å²) in [5.74, 6) is -0.0344. The quantitative estimate of drug-likeness (QED) is 0.736. The molecule has 144 valence electrons. The van der Waals surface area contributed by atoms with Crippen molar-refractivity contribution in [3.8, 4) is 6.07 Å². The third kappa shape index (κ3) is 4.77. The van der Waals surface area contributed by atoms with Crippen molar-refractivity contribution in [2.24, 2.45) is 0 Å². The molecule has 1 aromatic rings. The maximum atomic E-state index is 12.5. The summed E-state index contributed by atoms with van der Waals surface area (Å²) in [4.78, 5) is 30.0. The smallest absolute Gasteiger partial charge is 0.320 e. The molecule has 1 N–H and O–H groups in total. The van der Waals surface area contributed by atoms with Gasteiger partial charge in [0.25, 0.3) is 0 Å². The van der Waals surface area contributed by atoms with Crippen LogP contribution in [0.25, 0.3) is 0 Å². The maximum Gasteiger partial charge on any atom is 0.320 e. The summed E-state index contributed by atoms with van der Waals surface area (Å²) in [5.41, 5.74) is 2.35. The van der Waals surface area contributed by atoms with E-state index in [9.17, 15) is 9.59 Å². The molecule has 1 atom stereocenters. The van der Waals surface area contributed by atoms with Gasteiger partial charge in [-0.1, -0.05) is 29.8 Å². The van der Waals surface area contributed by atoms with E-state index in [0.717, 1.165) is 24.9 Å². The van der Waals surface area contributed by atoms with Crippen LogP contribution in [0.4, 0.5) is 4.79 Å². The van der Waals surface area contributed by atoms with Crippen LogP contribution < -0.4 is 5.32 Å². The zero-order chi connectivity index (χ0) is 19.2. The number of urea groups is 1. The SMILES string of the molecule is Cc1ccc(CN2CCN(CCNCC(=O)N3CCC[C@H]3C#N)C2=O)cc1. The Morgan fingerprint density at radius 3 is 2.70 bits per heavy atom. The minimum absolute atomic E-state index is 0.0344. The second kappa shape index (κ2) is 8.87. The first-order valence-electron chi connectivity index (χ1n) is 9.57. The molecule has 1 aromatic carbocycles. The van der Waals surface area contributed by atoms with Gasteiger partial charge in [0, 0.05) is 39.3 Å². The van der Waals surface area contributed by atoms with Crippen LogP contribution in [-0.2, 0) is 11.3 Å². The lowest BCUT2D eigenvalue weighted by atomic mass is 10.1. The molecule has 7 nitrogen and oxygen atoms in total. The molecule has 2 heterocycles. The molecule has 7 heteroatoms. The van der Waals surface area contributed by atoms with Gasteiger partial charge in [0.05, 0.1) is 12.6 Å². The van der Waals surface area contributed by atoms with Crippen LogP contribution in [0.5, 0.6) is 0 Å². The van der Waals surface area contributed by atoms with Crippen LogP contribution >= 0.6 is 0 Å². The molecule has 3 rings (SSSR count). The van der Waals surface area contributed by atoms with E-state index in [1.165, 1.54) is 5.56 Å². The first-order chi connectivity index (χ1) is 13.1. The molecule has 2 aliphatic heterocycles. The van der Waals surface area contributed by atoms with Gasteiger partial charge in [-0.15, -0.1) is 0 Å². The Morgan fingerprint density at radius 1 is 1.22 bits per heavy atom. The predicted octanol–water partition coefficient (Wildman–Crippen LogP) is 1.34. The number of amides is 3. The van der Waals surface area contributed by atoms with Crippen molar-refractivity contribution in [3.05, 3.63) is 35.4 Å². The van der Waals surface area contributed by atoms with Crippen LogP contribution in [0.1, 0.15) is 24.0 Å². The number of hydrogen-bond donors (Lipinski definition) is 1. The van der Waals surface area contributed by atoms with Crippen LogP contribution in [0.2, 0.25) is 0 Å². The molecule has 0 spiro atoms. The third-order valence-corrected chi connectivity index (χ3v) is 5.23. The van der Waals surface area contributed by atoms with Crippen molar-refractivity contribution >= 4 is 11.9 Å². The van der Waals surface area contributed by atoms with Crippen molar-refractivity contribution in [2.75, 3.05) is 39.3 Å². The van der Waals surface area contributed by atoms with Gasteiger partial charge < -0.3 is 20.0 Å². The van der Waals surface area contributed by atoms with Gasteiger partial charge in [-0.3, -0.25) is 4.79 Å². The lowest BCUT2D eigenvalue weighted by molar-refractivity contribution is -0.130. The Morgan fingerprint density at radius 2 is 1.96 bits per heavy atom. The summed E-state index contributed by atoms with van der Waals surface area (Å²) in [7, 11) is 0. The zero-order valence-electron chi connectivity index (χ0n) is 15.9. The highest BCUT2D eigenvalue weighted by Crippen LogP contribution is 2.16. The average molecular weight is 369 g/mol. The molecule has 0 saturated carbocycles. The molecule has 2 fully saturated rings. The number of rotatable bonds is 7. The Labute approximate surface area is 160 Å². The van der Waals surface area contributed by atoms with Crippen molar-refractivity contribution in [1.29, 1.82) is 5.26 Å². The van der Waals surface area contributed by atoms with E-state index in [4.69, 9.17) is 5.26 Å². The fourth-order valence-electron chi connectivity index (χ4n) is 3.61. The number of nitrogens with zero attached hydrogens (tertiary/aromatic N) is 4. The molecule has 0 bridgehead atoms. The lowest BCUT2D eigenvalue weighted by Gasteiger charge is -2.21. The van der Waals surface area contributed by atoms with E-state index in [0.29, 0.717) is 32.7 Å². The van der Waals surface area contributed by atoms with E-state index in [1.54, 1.807) is 4.90 Å². The number of hydrogen-bond acceptors (Lipinski definition) is 4. The van der Waals surface area contributed by atoms with Gasteiger partial charge in [0.1, 0.15) is 6.04 Å². The standard InChI is InChI=1S/C20H27N5O2/c1-16-4-6-17(7-5-16)15-24-12-11-23(20(24)27)10-8-22-14-19(26)25-9-2-3-18(25)13-21/h4-7,18,22H,2-3,8-12,14-15H2,1H3/t18-/m0/s1. The van der Waals surface area contributed by atoms with Crippen molar-refractivity contribution in [1.82, 2.24) is 20.0 Å². The monoisotopic (exact) mass is 369 g/mol. The van der Waals surface area contributed by atoms with Crippen LogP contribution in [0.15, 0.2) is 24.3 Å². The van der Waals surface area contributed by atoms with Gasteiger partial charge >= 0.3 is 6.03 Å². The summed E-state index contributed by atoms with van der Waals surface area (Å²) in [6, 6.07) is 10.2. The van der Waals surface area contributed by atoms with Gasteiger partial charge in [0.15, 0.2) is 0 Å². The molecule has 3 amide bonds. The molecule has 0 aliphatic carbocycles. The largest absolute Gasteiger partial charge is 0.326 e. The molecule has 0 aromatic heterocycles. The molecule has 0 unspecified atom stereocenters. The number of benzene rings is 1. The molecule has 27 heavy (non-hydrogen) atoms. The van der Waals surface area contributed by atoms with E-state index in [1.807, 2.05) is 9.80 Å². The van der Waals surface area contributed by atoms with Gasteiger partial charge in [-0.2, -0.15) is 5.26 Å². The average Bonchev–Trinajstić information content (AvgIpc) is 3.28. The summed E-state index contributed by atoms with van der Waals surface area (Å²) < 4.78 is 0. The number of nitriles is 1. The summed E-state index contributed by atoms with van der Waals surface area (Å²) in [5, 5.41) is 12.2. The Balaban J connectivity index is 1.38.